The van der Waals surface area contributed by atoms with Crippen molar-refractivity contribution in [1.29, 1.82) is 0 Å². The summed E-state index contributed by atoms with van der Waals surface area (Å²) < 4.78 is 5.67. The van der Waals surface area contributed by atoms with Crippen LogP contribution >= 0.6 is 23.6 Å². The molecule has 106 valence electrons. The molecule has 0 bridgehead atoms. The van der Waals surface area contributed by atoms with Crippen LogP contribution in [0, 0.1) is 12.8 Å². The molecule has 0 spiro atoms. The van der Waals surface area contributed by atoms with Crippen LogP contribution in [0.5, 0.6) is 5.75 Å². The van der Waals surface area contributed by atoms with Crippen LogP contribution in [0.4, 0.5) is 0 Å². The van der Waals surface area contributed by atoms with Crippen LogP contribution in [0.25, 0.3) is 10.6 Å². The number of rotatable bonds is 5. The van der Waals surface area contributed by atoms with Gasteiger partial charge in [0.1, 0.15) is 15.7 Å². The molecule has 1 heterocycles. The largest absolute Gasteiger partial charge is 0.493 e. The van der Waals surface area contributed by atoms with Crippen molar-refractivity contribution in [3.8, 4) is 16.3 Å². The highest BCUT2D eigenvalue weighted by atomic mass is 32.1. The minimum Gasteiger partial charge on any atom is -0.493 e. The van der Waals surface area contributed by atoms with Gasteiger partial charge in [-0.05, 0) is 37.1 Å². The molecule has 0 aliphatic heterocycles. The maximum absolute atomic E-state index is 5.68. The fourth-order valence-electron chi connectivity index (χ4n) is 1.71. The summed E-state index contributed by atoms with van der Waals surface area (Å²) in [5, 5.41) is 0.931. The Morgan fingerprint density at radius 2 is 2.00 bits per heavy atom. The number of thiazole rings is 1. The van der Waals surface area contributed by atoms with Gasteiger partial charge in [-0.1, -0.05) is 26.1 Å². The zero-order valence-electron chi connectivity index (χ0n) is 11.8. The second kappa shape index (κ2) is 6.33. The first-order valence-corrected chi connectivity index (χ1v) is 7.70. The van der Waals surface area contributed by atoms with Crippen LogP contribution in [0.2, 0.25) is 0 Å². The number of thiocarbonyl (C=S) groups is 1. The number of hydrogen-bond acceptors (Lipinski definition) is 4. The van der Waals surface area contributed by atoms with Gasteiger partial charge in [0, 0.05) is 5.56 Å². The predicted molar refractivity (Wildman–Crippen MR) is 88.5 cm³/mol. The lowest BCUT2D eigenvalue weighted by Crippen LogP contribution is -2.08. The maximum Gasteiger partial charge on any atom is 0.124 e. The van der Waals surface area contributed by atoms with Crippen molar-refractivity contribution in [2.24, 2.45) is 11.7 Å². The van der Waals surface area contributed by atoms with Crippen LogP contribution in [-0.4, -0.2) is 16.6 Å². The van der Waals surface area contributed by atoms with Gasteiger partial charge in [0.2, 0.25) is 0 Å². The third-order valence-corrected chi connectivity index (χ3v) is 4.28. The van der Waals surface area contributed by atoms with E-state index in [-0.39, 0.29) is 0 Å². The van der Waals surface area contributed by atoms with E-state index in [1.54, 1.807) is 0 Å². The molecule has 0 aliphatic rings. The van der Waals surface area contributed by atoms with Crippen molar-refractivity contribution in [2.75, 3.05) is 6.61 Å². The molecule has 1 aromatic carbocycles. The summed E-state index contributed by atoms with van der Waals surface area (Å²) in [6, 6.07) is 7.96. The third-order valence-electron chi connectivity index (χ3n) is 2.70. The van der Waals surface area contributed by atoms with Crippen molar-refractivity contribution in [3.63, 3.8) is 0 Å². The van der Waals surface area contributed by atoms with Gasteiger partial charge >= 0.3 is 0 Å². The average molecular weight is 306 g/mol. The first kappa shape index (κ1) is 14.9. The molecule has 0 fully saturated rings. The fourth-order valence-corrected chi connectivity index (χ4v) is 2.90. The Balaban J connectivity index is 2.17. The Morgan fingerprint density at radius 3 is 2.50 bits per heavy atom. The lowest BCUT2D eigenvalue weighted by atomic mass is 10.2. The molecular weight excluding hydrogens is 288 g/mol. The zero-order chi connectivity index (χ0) is 14.7. The number of aromatic nitrogens is 1. The monoisotopic (exact) mass is 306 g/mol. The summed E-state index contributed by atoms with van der Waals surface area (Å²) in [5.41, 5.74) is 7.62. The molecule has 2 aromatic rings. The lowest BCUT2D eigenvalue weighted by Gasteiger charge is -2.08. The second-order valence-corrected chi connectivity index (χ2v) is 6.47. The van der Waals surface area contributed by atoms with E-state index < -0.39 is 0 Å². The lowest BCUT2D eigenvalue weighted by molar-refractivity contribution is 0.271. The molecule has 0 atom stereocenters. The molecule has 5 heteroatoms. The molecule has 2 N–H and O–H groups in total. The number of aryl methyl sites for hydroxylation is 1. The Labute approximate surface area is 128 Å². The number of ether oxygens (including phenoxy) is 1. The molecule has 0 saturated heterocycles. The summed E-state index contributed by atoms with van der Waals surface area (Å²) in [4.78, 5) is 5.81. The van der Waals surface area contributed by atoms with Crippen molar-refractivity contribution in [3.05, 3.63) is 34.8 Å². The van der Waals surface area contributed by atoms with Crippen molar-refractivity contribution in [2.45, 2.75) is 20.8 Å². The van der Waals surface area contributed by atoms with Gasteiger partial charge in [0.05, 0.1) is 17.2 Å². The summed E-state index contributed by atoms with van der Waals surface area (Å²) in [7, 11) is 0. The van der Waals surface area contributed by atoms with Gasteiger partial charge in [-0.15, -0.1) is 11.3 Å². The molecule has 20 heavy (non-hydrogen) atoms. The minimum absolute atomic E-state index is 0.406. The van der Waals surface area contributed by atoms with Gasteiger partial charge < -0.3 is 10.5 Å². The Morgan fingerprint density at radius 1 is 1.35 bits per heavy atom. The van der Waals surface area contributed by atoms with E-state index in [0.29, 0.717) is 10.9 Å². The molecule has 3 nitrogen and oxygen atoms in total. The highest BCUT2D eigenvalue weighted by Crippen LogP contribution is 2.29. The summed E-state index contributed by atoms with van der Waals surface area (Å²) in [6.07, 6.45) is 0. The Kier molecular flexibility index (Phi) is 4.73. The zero-order valence-corrected chi connectivity index (χ0v) is 13.5. The Bertz CT molecular complexity index is 603. The molecule has 0 aliphatic carbocycles. The van der Waals surface area contributed by atoms with Crippen LogP contribution in [-0.2, 0) is 0 Å². The van der Waals surface area contributed by atoms with Crippen LogP contribution in [0.3, 0.4) is 0 Å². The quantitative estimate of drug-likeness (QED) is 0.854. The third kappa shape index (κ3) is 3.55. The number of nitrogens with zero attached hydrogens (tertiary/aromatic N) is 1. The van der Waals surface area contributed by atoms with Gasteiger partial charge in [0.25, 0.3) is 0 Å². The number of benzene rings is 1. The maximum atomic E-state index is 5.68. The van der Waals surface area contributed by atoms with Gasteiger partial charge in [-0.25, -0.2) is 4.98 Å². The van der Waals surface area contributed by atoms with Crippen LogP contribution < -0.4 is 10.5 Å². The highest BCUT2D eigenvalue weighted by Gasteiger charge is 2.11. The van der Waals surface area contributed by atoms with Crippen molar-refractivity contribution < 1.29 is 4.74 Å². The number of nitrogens with two attached hydrogens (primary N) is 1. The molecule has 0 saturated carbocycles. The molecule has 1 aromatic heterocycles. The number of hydrogen-bond donors (Lipinski definition) is 1. The summed E-state index contributed by atoms with van der Waals surface area (Å²) in [6.45, 7) is 6.91. The summed E-state index contributed by atoms with van der Waals surface area (Å²) >= 11 is 6.55. The van der Waals surface area contributed by atoms with E-state index in [9.17, 15) is 0 Å². The van der Waals surface area contributed by atoms with E-state index >= 15 is 0 Å². The van der Waals surface area contributed by atoms with E-state index in [1.165, 1.54) is 11.3 Å². The fraction of sp³-hybridized carbons (Fsp3) is 0.333. The van der Waals surface area contributed by atoms with E-state index in [1.807, 2.05) is 31.2 Å². The Hall–Kier alpha value is -1.46. The first-order chi connectivity index (χ1) is 9.47. The standard InChI is InChI=1S/C15H18N2OS2/c1-9(2)8-18-12-6-4-11(5-7-12)15-17-10(3)13(20-15)14(16)19/h4-7,9H,8H2,1-3H3,(H2,16,19). The smallest absolute Gasteiger partial charge is 0.124 e. The normalized spacial score (nSPS) is 10.8. The van der Waals surface area contributed by atoms with Crippen LogP contribution in [0.1, 0.15) is 24.4 Å². The topological polar surface area (TPSA) is 48.1 Å². The van der Waals surface area contributed by atoms with Gasteiger partial charge in [-0.3, -0.25) is 0 Å². The van der Waals surface area contributed by atoms with E-state index in [0.717, 1.165) is 33.5 Å². The van der Waals surface area contributed by atoms with Crippen LogP contribution in [0.15, 0.2) is 24.3 Å². The second-order valence-electron chi connectivity index (χ2n) is 5.03. The molecular formula is C15H18N2OS2. The molecule has 0 unspecified atom stereocenters. The summed E-state index contributed by atoms with van der Waals surface area (Å²) in [5.74, 6) is 1.40. The highest BCUT2D eigenvalue weighted by molar-refractivity contribution is 7.81. The molecule has 0 amide bonds. The molecule has 2 rings (SSSR count). The van der Waals surface area contributed by atoms with Crippen molar-refractivity contribution >= 4 is 28.5 Å². The van der Waals surface area contributed by atoms with E-state index in [2.05, 4.69) is 18.8 Å². The first-order valence-electron chi connectivity index (χ1n) is 6.48. The van der Waals surface area contributed by atoms with Gasteiger partial charge in [-0.2, -0.15) is 0 Å². The van der Waals surface area contributed by atoms with Crippen molar-refractivity contribution in [1.82, 2.24) is 4.98 Å². The SMILES string of the molecule is Cc1nc(-c2ccc(OCC(C)C)cc2)sc1C(N)=S. The average Bonchev–Trinajstić information content (AvgIpc) is 2.79. The van der Waals surface area contributed by atoms with Gasteiger partial charge in [0.15, 0.2) is 0 Å². The predicted octanol–water partition coefficient (Wildman–Crippen LogP) is 3.79. The van der Waals surface area contributed by atoms with E-state index in [4.69, 9.17) is 22.7 Å². The minimum atomic E-state index is 0.406. The molecule has 0 radical (unpaired) electrons.